The summed E-state index contributed by atoms with van der Waals surface area (Å²) in [7, 11) is 0. The van der Waals surface area contributed by atoms with Crippen LogP contribution in [0.3, 0.4) is 0 Å². The Hall–Kier alpha value is -1.90. The van der Waals surface area contributed by atoms with Crippen LogP contribution in [-0.4, -0.2) is 16.8 Å². The molecule has 2 rings (SSSR count). The molecule has 2 aromatic rings. The monoisotopic (exact) mass is 382 g/mol. The van der Waals surface area contributed by atoms with Crippen molar-refractivity contribution < 1.29 is 4.74 Å². The molecule has 1 aromatic carbocycles. The van der Waals surface area contributed by atoms with E-state index in [1.807, 2.05) is 12.1 Å². The van der Waals surface area contributed by atoms with Gasteiger partial charge in [0.25, 0.3) is 0 Å². The fourth-order valence-corrected chi connectivity index (χ4v) is 3.17. The third-order valence-electron chi connectivity index (χ3n) is 5.39. The van der Waals surface area contributed by atoms with Crippen LogP contribution in [0.2, 0.25) is 0 Å². The van der Waals surface area contributed by atoms with Crippen LogP contribution in [0.25, 0.3) is 11.3 Å². The van der Waals surface area contributed by atoms with Gasteiger partial charge in [0, 0.05) is 5.56 Å². The molecule has 1 unspecified atom stereocenters. The SMILES string of the molecule is CCCCCCCCCCc1ccc(-c2ccc(OCC(C)CC)cc2)nn1. The van der Waals surface area contributed by atoms with Gasteiger partial charge < -0.3 is 4.74 Å². The molecule has 0 fully saturated rings. The maximum absolute atomic E-state index is 5.82. The minimum Gasteiger partial charge on any atom is -0.493 e. The highest BCUT2D eigenvalue weighted by molar-refractivity contribution is 5.59. The van der Waals surface area contributed by atoms with E-state index < -0.39 is 0 Å². The van der Waals surface area contributed by atoms with Gasteiger partial charge in [-0.2, -0.15) is 10.2 Å². The van der Waals surface area contributed by atoms with E-state index in [0.717, 1.165) is 42.1 Å². The van der Waals surface area contributed by atoms with E-state index in [2.05, 4.69) is 55.2 Å². The third kappa shape index (κ3) is 8.41. The average molecular weight is 383 g/mol. The molecule has 0 N–H and O–H groups in total. The molecule has 1 aromatic heterocycles. The number of hydrogen-bond acceptors (Lipinski definition) is 3. The fraction of sp³-hybridized carbons (Fsp3) is 0.600. The Balaban J connectivity index is 1.71. The van der Waals surface area contributed by atoms with Gasteiger partial charge >= 0.3 is 0 Å². The fourth-order valence-electron chi connectivity index (χ4n) is 3.17. The largest absolute Gasteiger partial charge is 0.493 e. The van der Waals surface area contributed by atoms with Gasteiger partial charge in [-0.25, -0.2) is 0 Å². The van der Waals surface area contributed by atoms with Crippen LogP contribution >= 0.6 is 0 Å². The van der Waals surface area contributed by atoms with Crippen molar-refractivity contribution in [3.05, 3.63) is 42.1 Å². The Morgan fingerprint density at radius 1 is 0.786 bits per heavy atom. The lowest BCUT2D eigenvalue weighted by Crippen LogP contribution is -2.07. The molecule has 28 heavy (non-hydrogen) atoms. The maximum atomic E-state index is 5.82. The number of hydrogen-bond donors (Lipinski definition) is 0. The summed E-state index contributed by atoms with van der Waals surface area (Å²) in [5.74, 6) is 1.50. The predicted octanol–water partition coefficient (Wildman–Crippen LogP) is 7.25. The Kier molecular flexibility index (Phi) is 10.6. The second-order valence-corrected chi connectivity index (χ2v) is 7.98. The highest BCUT2D eigenvalue weighted by Gasteiger charge is 2.04. The van der Waals surface area contributed by atoms with Crippen molar-refractivity contribution in [1.29, 1.82) is 0 Å². The quantitative estimate of drug-likeness (QED) is 0.323. The van der Waals surface area contributed by atoms with E-state index >= 15 is 0 Å². The van der Waals surface area contributed by atoms with Crippen molar-refractivity contribution >= 4 is 0 Å². The van der Waals surface area contributed by atoms with Crippen LogP contribution in [-0.2, 0) is 6.42 Å². The van der Waals surface area contributed by atoms with E-state index in [0.29, 0.717) is 5.92 Å². The first kappa shape index (κ1) is 22.4. The van der Waals surface area contributed by atoms with E-state index in [1.165, 1.54) is 51.4 Å². The zero-order chi connectivity index (χ0) is 20.0. The van der Waals surface area contributed by atoms with Crippen LogP contribution < -0.4 is 4.74 Å². The first-order valence-electron chi connectivity index (χ1n) is 11.3. The first-order chi connectivity index (χ1) is 13.7. The summed E-state index contributed by atoms with van der Waals surface area (Å²) in [5.41, 5.74) is 3.11. The standard InChI is InChI=1S/C25H38N2O/c1-4-6-7-8-9-10-11-12-13-23-16-19-25(27-26-23)22-14-17-24(18-15-22)28-20-21(3)5-2/h14-19,21H,4-13,20H2,1-3H3. The molecule has 0 spiro atoms. The summed E-state index contributed by atoms with van der Waals surface area (Å²) in [6, 6.07) is 12.4. The van der Waals surface area contributed by atoms with Crippen LogP contribution in [0.15, 0.2) is 36.4 Å². The summed E-state index contributed by atoms with van der Waals surface area (Å²) in [5, 5.41) is 8.85. The van der Waals surface area contributed by atoms with Crippen LogP contribution in [0, 0.1) is 5.92 Å². The maximum Gasteiger partial charge on any atom is 0.119 e. The Morgan fingerprint density at radius 3 is 2.07 bits per heavy atom. The third-order valence-corrected chi connectivity index (χ3v) is 5.39. The highest BCUT2D eigenvalue weighted by atomic mass is 16.5. The summed E-state index contributed by atoms with van der Waals surface area (Å²) in [6.07, 6.45) is 12.9. The second-order valence-electron chi connectivity index (χ2n) is 7.98. The number of aryl methyl sites for hydroxylation is 1. The number of aromatic nitrogens is 2. The van der Waals surface area contributed by atoms with Crippen molar-refractivity contribution in [1.82, 2.24) is 10.2 Å². The first-order valence-corrected chi connectivity index (χ1v) is 11.3. The van der Waals surface area contributed by atoms with Crippen LogP contribution in [0.5, 0.6) is 5.75 Å². The van der Waals surface area contributed by atoms with E-state index in [1.54, 1.807) is 0 Å². The molecule has 1 heterocycles. The summed E-state index contributed by atoms with van der Waals surface area (Å²) >= 11 is 0. The molecule has 0 bridgehead atoms. The second kappa shape index (κ2) is 13.3. The van der Waals surface area contributed by atoms with Crippen molar-refractivity contribution in [2.75, 3.05) is 6.61 Å². The molecule has 3 nitrogen and oxygen atoms in total. The smallest absolute Gasteiger partial charge is 0.119 e. The molecule has 0 aliphatic heterocycles. The summed E-state index contributed by atoms with van der Waals surface area (Å²) < 4.78 is 5.82. The summed E-state index contributed by atoms with van der Waals surface area (Å²) in [4.78, 5) is 0. The zero-order valence-electron chi connectivity index (χ0n) is 18.1. The van der Waals surface area contributed by atoms with E-state index in [9.17, 15) is 0 Å². The van der Waals surface area contributed by atoms with Crippen molar-refractivity contribution in [3.8, 4) is 17.0 Å². The van der Waals surface area contributed by atoms with Gasteiger partial charge in [-0.1, -0.05) is 72.1 Å². The Bertz CT molecular complexity index is 637. The summed E-state index contributed by atoms with van der Waals surface area (Å²) in [6.45, 7) is 7.43. The van der Waals surface area contributed by atoms with Gasteiger partial charge in [-0.15, -0.1) is 0 Å². The highest BCUT2D eigenvalue weighted by Crippen LogP contribution is 2.21. The predicted molar refractivity (Wildman–Crippen MR) is 119 cm³/mol. The van der Waals surface area contributed by atoms with E-state index in [4.69, 9.17) is 4.74 Å². The topological polar surface area (TPSA) is 35.0 Å². The van der Waals surface area contributed by atoms with Gasteiger partial charge in [0.2, 0.25) is 0 Å². The average Bonchev–Trinajstić information content (AvgIpc) is 2.74. The normalized spacial score (nSPS) is 12.1. The number of ether oxygens (including phenoxy) is 1. The minimum atomic E-state index is 0.583. The van der Waals surface area contributed by atoms with Crippen molar-refractivity contribution in [2.24, 2.45) is 5.92 Å². The molecular formula is C25H38N2O. The van der Waals surface area contributed by atoms with Gasteiger partial charge in [0.1, 0.15) is 5.75 Å². The molecular weight excluding hydrogens is 344 g/mol. The van der Waals surface area contributed by atoms with Crippen LogP contribution in [0.1, 0.15) is 84.3 Å². The van der Waals surface area contributed by atoms with Crippen molar-refractivity contribution in [2.45, 2.75) is 85.0 Å². The molecule has 1 atom stereocenters. The molecule has 0 amide bonds. The lowest BCUT2D eigenvalue weighted by molar-refractivity contribution is 0.256. The van der Waals surface area contributed by atoms with Gasteiger partial charge in [-0.05, 0) is 55.2 Å². The number of rotatable bonds is 14. The van der Waals surface area contributed by atoms with Crippen molar-refractivity contribution in [3.63, 3.8) is 0 Å². The number of benzene rings is 1. The zero-order valence-corrected chi connectivity index (χ0v) is 18.1. The molecule has 0 aliphatic rings. The van der Waals surface area contributed by atoms with Gasteiger partial charge in [0.15, 0.2) is 0 Å². The van der Waals surface area contributed by atoms with Gasteiger partial charge in [0.05, 0.1) is 18.0 Å². The molecule has 154 valence electrons. The Morgan fingerprint density at radius 2 is 1.46 bits per heavy atom. The molecule has 0 saturated heterocycles. The Labute approximate surface area is 171 Å². The van der Waals surface area contributed by atoms with Gasteiger partial charge in [-0.3, -0.25) is 0 Å². The lowest BCUT2D eigenvalue weighted by Gasteiger charge is -2.11. The number of nitrogens with zero attached hydrogens (tertiary/aromatic N) is 2. The van der Waals surface area contributed by atoms with E-state index in [-0.39, 0.29) is 0 Å². The number of unbranched alkanes of at least 4 members (excludes halogenated alkanes) is 7. The molecule has 3 heteroatoms. The molecule has 0 aliphatic carbocycles. The lowest BCUT2D eigenvalue weighted by atomic mass is 10.1. The molecule has 0 radical (unpaired) electrons. The van der Waals surface area contributed by atoms with Crippen LogP contribution in [0.4, 0.5) is 0 Å². The minimum absolute atomic E-state index is 0.583. The molecule has 0 saturated carbocycles.